The summed E-state index contributed by atoms with van der Waals surface area (Å²) in [4.78, 5) is 18.8. The molecule has 3 aromatic rings. The molecule has 0 aliphatic carbocycles. The maximum atomic E-state index is 12.3. The smallest absolute Gasteiger partial charge is 0.300 e. The molecule has 1 amide bonds. The maximum Gasteiger partial charge on any atom is 0.300 e. The molecule has 0 saturated carbocycles. The number of aromatic amines is 1. The monoisotopic (exact) mass is 397 g/mol. The van der Waals surface area contributed by atoms with Crippen LogP contribution >= 0.6 is 0 Å². The molecule has 0 bridgehead atoms. The molecule has 2 aromatic heterocycles. The number of H-pyrrole nitrogens is 1. The van der Waals surface area contributed by atoms with Crippen molar-refractivity contribution in [1.29, 1.82) is 0 Å². The molecule has 0 atom stereocenters. The number of nitrogens with one attached hydrogen (secondary N) is 4. The number of hydrogen-bond acceptors (Lipinski definition) is 4. The third-order valence-electron chi connectivity index (χ3n) is 3.96. The van der Waals surface area contributed by atoms with Crippen molar-refractivity contribution < 1.29 is 13.2 Å². The minimum absolute atomic E-state index is 0.0151. The summed E-state index contributed by atoms with van der Waals surface area (Å²) in [6, 6.07) is 10.5. The lowest BCUT2D eigenvalue weighted by molar-refractivity contribution is -0.111. The Kier molecular flexibility index (Phi) is 6.06. The van der Waals surface area contributed by atoms with Gasteiger partial charge in [0, 0.05) is 36.6 Å². The molecule has 0 unspecified atom stereocenters. The number of aromatic nitrogens is 2. The molecule has 0 saturated heterocycles. The van der Waals surface area contributed by atoms with Gasteiger partial charge in [-0.2, -0.15) is 17.9 Å². The minimum atomic E-state index is -3.76. The first-order chi connectivity index (χ1) is 13.5. The van der Waals surface area contributed by atoms with E-state index in [4.69, 9.17) is 0 Å². The van der Waals surface area contributed by atoms with Crippen LogP contribution in [0.2, 0.25) is 0 Å². The van der Waals surface area contributed by atoms with E-state index < -0.39 is 16.1 Å². The molecule has 0 radical (unpaired) electrons. The Morgan fingerprint density at radius 2 is 1.86 bits per heavy atom. The van der Waals surface area contributed by atoms with Gasteiger partial charge in [0.25, 0.3) is 16.1 Å². The van der Waals surface area contributed by atoms with Gasteiger partial charge in [0.05, 0.1) is 0 Å². The SMILES string of the molecule is CC#CC(=O)Nc1ccccc1CNS(=O)(=O)NCc1ccnc2[nH]ccc12. The summed E-state index contributed by atoms with van der Waals surface area (Å²) in [6.45, 7) is 1.70. The molecule has 4 N–H and O–H groups in total. The van der Waals surface area contributed by atoms with E-state index in [0.717, 1.165) is 10.9 Å². The predicted octanol–water partition coefficient (Wildman–Crippen LogP) is 1.65. The van der Waals surface area contributed by atoms with Gasteiger partial charge in [-0.3, -0.25) is 4.79 Å². The van der Waals surface area contributed by atoms with Gasteiger partial charge >= 0.3 is 0 Å². The predicted molar refractivity (Wildman–Crippen MR) is 107 cm³/mol. The van der Waals surface area contributed by atoms with Crippen LogP contribution in [0.3, 0.4) is 0 Å². The summed E-state index contributed by atoms with van der Waals surface area (Å²) in [6.07, 6.45) is 3.37. The molecule has 28 heavy (non-hydrogen) atoms. The van der Waals surface area contributed by atoms with E-state index in [1.807, 2.05) is 6.07 Å². The Labute approximate surface area is 162 Å². The Morgan fingerprint density at radius 3 is 2.64 bits per heavy atom. The highest BCUT2D eigenvalue weighted by Crippen LogP contribution is 2.16. The molecule has 1 aromatic carbocycles. The largest absolute Gasteiger partial charge is 0.346 e. The zero-order valence-corrected chi connectivity index (χ0v) is 15.9. The number of pyridine rings is 1. The van der Waals surface area contributed by atoms with Crippen molar-refractivity contribution in [1.82, 2.24) is 19.4 Å². The van der Waals surface area contributed by atoms with Crippen LogP contribution in [-0.4, -0.2) is 24.3 Å². The summed E-state index contributed by atoms with van der Waals surface area (Å²) >= 11 is 0. The number of benzene rings is 1. The third-order valence-corrected chi connectivity index (χ3v) is 5.01. The number of rotatable bonds is 7. The van der Waals surface area contributed by atoms with Crippen molar-refractivity contribution in [3.63, 3.8) is 0 Å². The Balaban J connectivity index is 1.64. The lowest BCUT2D eigenvalue weighted by Crippen LogP contribution is -2.35. The summed E-state index contributed by atoms with van der Waals surface area (Å²) in [7, 11) is -3.76. The van der Waals surface area contributed by atoms with E-state index in [0.29, 0.717) is 16.9 Å². The van der Waals surface area contributed by atoms with E-state index in [1.165, 1.54) is 0 Å². The average molecular weight is 397 g/mol. The van der Waals surface area contributed by atoms with Crippen LogP contribution in [0, 0.1) is 11.8 Å². The van der Waals surface area contributed by atoms with Gasteiger partial charge in [0.2, 0.25) is 0 Å². The Morgan fingerprint density at radius 1 is 1.11 bits per heavy atom. The Bertz CT molecular complexity index is 1160. The van der Waals surface area contributed by atoms with Crippen LogP contribution < -0.4 is 14.8 Å². The normalized spacial score (nSPS) is 11.0. The second-order valence-electron chi connectivity index (χ2n) is 5.84. The number of carbonyl (C=O) groups excluding carboxylic acids is 1. The molecule has 144 valence electrons. The van der Waals surface area contributed by atoms with Crippen LogP contribution in [0.4, 0.5) is 5.69 Å². The van der Waals surface area contributed by atoms with Gasteiger partial charge in [-0.25, -0.2) is 4.98 Å². The lowest BCUT2D eigenvalue weighted by atomic mass is 10.2. The number of fused-ring (bicyclic) bond motifs is 1. The fourth-order valence-electron chi connectivity index (χ4n) is 2.63. The first-order valence-corrected chi connectivity index (χ1v) is 9.93. The number of hydrogen-bond donors (Lipinski definition) is 4. The second-order valence-corrected chi connectivity index (χ2v) is 7.43. The quantitative estimate of drug-likeness (QED) is 0.454. The maximum absolute atomic E-state index is 12.3. The molecule has 0 spiro atoms. The molecule has 9 heteroatoms. The van der Waals surface area contributed by atoms with Crippen LogP contribution in [0.25, 0.3) is 11.0 Å². The standard InChI is InChI=1S/C19H19N5O3S/c1-2-5-18(25)24-17-7-4-3-6-15(17)13-23-28(26,27)22-12-14-8-10-20-19-16(14)9-11-21-19/h3-4,6-11,22-23H,12-13H2,1H3,(H,20,21)(H,24,25). The zero-order valence-electron chi connectivity index (χ0n) is 15.1. The fourth-order valence-corrected chi connectivity index (χ4v) is 3.43. The van der Waals surface area contributed by atoms with Gasteiger partial charge in [-0.05, 0) is 42.2 Å². The van der Waals surface area contributed by atoms with Crippen molar-refractivity contribution in [2.24, 2.45) is 0 Å². The molecule has 0 aliphatic heterocycles. The Hall–Kier alpha value is -3.19. The third kappa shape index (κ3) is 4.95. The molecule has 2 heterocycles. The summed E-state index contributed by atoms with van der Waals surface area (Å²) in [5, 5.41) is 3.50. The van der Waals surface area contributed by atoms with E-state index in [1.54, 1.807) is 49.6 Å². The average Bonchev–Trinajstić information content (AvgIpc) is 3.15. The summed E-state index contributed by atoms with van der Waals surface area (Å²) < 4.78 is 29.7. The molecular weight excluding hydrogens is 378 g/mol. The molecule has 3 rings (SSSR count). The van der Waals surface area contributed by atoms with E-state index in [-0.39, 0.29) is 13.1 Å². The van der Waals surface area contributed by atoms with Crippen molar-refractivity contribution in [2.75, 3.05) is 5.32 Å². The number of amides is 1. The first-order valence-electron chi connectivity index (χ1n) is 8.45. The van der Waals surface area contributed by atoms with E-state index in [2.05, 4.69) is 36.6 Å². The van der Waals surface area contributed by atoms with Crippen LogP contribution in [0.15, 0.2) is 48.8 Å². The number of nitrogens with zero attached hydrogens (tertiary/aromatic N) is 1. The number of anilines is 1. The van der Waals surface area contributed by atoms with Gasteiger partial charge in [0.1, 0.15) is 5.65 Å². The second kappa shape index (κ2) is 8.67. The fraction of sp³-hybridized carbons (Fsp3) is 0.158. The van der Waals surface area contributed by atoms with E-state index >= 15 is 0 Å². The van der Waals surface area contributed by atoms with Crippen molar-refractivity contribution in [3.8, 4) is 11.8 Å². The summed E-state index contributed by atoms with van der Waals surface area (Å²) in [5.41, 5.74) is 2.63. The number of para-hydroxylation sites is 1. The van der Waals surface area contributed by atoms with Crippen molar-refractivity contribution >= 4 is 32.8 Å². The highest BCUT2D eigenvalue weighted by molar-refractivity contribution is 7.87. The van der Waals surface area contributed by atoms with Gasteiger partial charge in [0.15, 0.2) is 0 Å². The van der Waals surface area contributed by atoms with Crippen molar-refractivity contribution in [2.45, 2.75) is 20.0 Å². The van der Waals surface area contributed by atoms with Crippen LogP contribution in [0.5, 0.6) is 0 Å². The topological polar surface area (TPSA) is 116 Å². The molecular formula is C19H19N5O3S. The van der Waals surface area contributed by atoms with Gasteiger partial charge < -0.3 is 10.3 Å². The van der Waals surface area contributed by atoms with Crippen LogP contribution in [-0.2, 0) is 28.1 Å². The zero-order chi connectivity index (χ0) is 20.0. The summed E-state index contributed by atoms with van der Waals surface area (Å²) in [5.74, 6) is 4.45. The van der Waals surface area contributed by atoms with Gasteiger partial charge in [-0.15, -0.1) is 0 Å². The highest BCUT2D eigenvalue weighted by Gasteiger charge is 2.13. The molecule has 0 fully saturated rings. The highest BCUT2D eigenvalue weighted by atomic mass is 32.2. The van der Waals surface area contributed by atoms with Gasteiger partial charge in [-0.1, -0.05) is 24.1 Å². The minimum Gasteiger partial charge on any atom is -0.346 e. The number of carbonyl (C=O) groups is 1. The van der Waals surface area contributed by atoms with Crippen LogP contribution in [0.1, 0.15) is 18.1 Å². The van der Waals surface area contributed by atoms with Crippen molar-refractivity contribution in [3.05, 3.63) is 59.9 Å². The molecule has 0 aliphatic rings. The first kappa shape index (κ1) is 19.6. The molecule has 8 nitrogen and oxygen atoms in total. The lowest BCUT2D eigenvalue weighted by Gasteiger charge is -2.12. The van der Waals surface area contributed by atoms with E-state index in [9.17, 15) is 13.2 Å².